The number of nitrogens with one attached hydrogen (secondary N) is 1. The lowest BCUT2D eigenvalue weighted by atomic mass is 10.0. The molecule has 0 spiro atoms. The number of ketones is 1. The maximum atomic E-state index is 11.9. The molecule has 18 heavy (non-hydrogen) atoms. The number of benzene rings is 2. The highest BCUT2D eigenvalue weighted by Gasteiger charge is 2.08. The topological polar surface area (TPSA) is 32.9 Å². The van der Waals surface area contributed by atoms with Crippen LogP contribution in [-0.4, -0.2) is 10.8 Å². The first kappa shape index (κ1) is 11.0. The van der Waals surface area contributed by atoms with Gasteiger partial charge in [-0.3, -0.25) is 4.79 Å². The van der Waals surface area contributed by atoms with Crippen LogP contribution in [0.3, 0.4) is 0 Å². The van der Waals surface area contributed by atoms with Gasteiger partial charge in [-0.15, -0.1) is 0 Å². The van der Waals surface area contributed by atoms with Crippen LogP contribution >= 0.6 is 0 Å². The van der Waals surface area contributed by atoms with Gasteiger partial charge in [0.15, 0.2) is 5.78 Å². The van der Waals surface area contributed by atoms with Gasteiger partial charge in [-0.1, -0.05) is 25.1 Å². The minimum Gasteiger partial charge on any atom is -0.355 e. The monoisotopic (exact) mass is 237 g/mol. The van der Waals surface area contributed by atoms with Crippen molar-refractivity contribution < 1.29 is 4.79 Å². The van der Waals surface area contributed by atoms with Gasteiger partial charge in [0, 0.05) is 33.8 Å². The van der Waals surface area contributed by atoms with Crippen LogP contribution in [0.5, 0.6) is 0 Å². The summed E-state index contributed by atoms with van der Waals surface area (Å²) in [6.45, 7) is 2.03. The number of aromatic nitrogens is 1. The van der Waals surface area contributed by atoms with Crippen LogP contribution < -0.4 is 0 Å². The van der Waals surface area contributed by atoms with Gasteiger partial charge < -0.3 is 4.98 Å². The molecule has 0 radical (unpaired) electrons. The zero-order valence-corrected chi connectivity index (χ0v) is 10.4. The molecule has 0 aliphatic carbocycles. The standard InChI is InChI=1S/C16H15NO/c1-2-5-16(18)11-8-9-15-13(10-11)12-6-3-4-7-14(12)17-15/h3-4,6-10,17H,2,5H2,1H3. The second-order valence-electron chi connectivity index (χ2n) is 4.60. The molecule has 0 aliphatic rings. The van der Waals surface area contributed by atoms with Crippen LogP contribution in [0.15, 0.2) is 42.5 Å². The molecule has 2 aromatic carbocycles. The van der Waals surface area contributed by atoms with E-state index in [9.17, 15) is 4.79 Å². The van der Waals surface area contributed by atoms with E-state index in [-0.39, 0.29) is 5.78 Å². The summed E-state index contributed by atoms with van der Waals surface area (Å²) in [5, 5.41) is 2.31. The van der Waals surface area contributed by atoms with E-state index in [0.29, 0.717) is 6.42 Å². The number of hydrogen-bond acceptors (Lipinski definition) is 1. The van der Waals surface area contributed by atoms with E-state index in [0.717, 1.165) is 28.4 Å². The zero-order chi connectivity index (χ0) is 12.5. The van der Waals surface area contributed by atoms with E-state index in [1.165, 1.54) is 5.39 Å². The Morgan fingerprint density at radius 1 is 1.06 bits per heavy atom. The Kier molecular flexibility index (Phi) is 2.63. The van der Waals surface area contributed by atoms with Gasteiger partial charge in [-0.05, 0) is 30.7 Å². The number of Topliss-reactive ketones (excluding diaryl/α,β-unsaturated/α-hetero) is 1. The van der Waals surface area contributed by atoms with Crippen molar-refractivity contribution in [3.63, 3.8) is 0 Å². The molecule has 0 fully saturated rings. The normalized spacial score (nSPS) is 11.2. The van der Waals surface area contributed by atoms with E-state index in [1.54, 1.807) is 0 Å². The SMILES string of the molecule is CCCC(=O)c1ccc2[nH]c3ccccc3c2c1. The molecule has 2 nitrogen and oxygen atoms in total. The number of aromatic amines is 1. The number of hydrogen-bond donors (Lipinski definition) is 1. The van der Waals surface area contributed by atoms with Gasteiger partial charge in [0.25, 0.3) is 0 Å². The quantitative estimate of drug-likeness (QED) is 0.677. The summed E-state index contributed by atoms with van der Waals surface area (Å²) in [5.74, 6) is 0.227. The zero-order valence-electron chi connectivity index (χ0n) is 10.4. The lowest BCUT2D eigenvalue weighted by molar-refractivity contribution is 0.0982. The number of fused-ring (bicyclic) bond motifs is 3. The Morgan fingerprint density at radius 2 is 1.83 bits per heavy atom. The van der Waals surface area contributed by atoms with Crippen molar-refractivity contribution in [1.29, 1.82) is 0 Å². The van der Waals surface area contributed by atoms with E-state index in [4.69, 9.17) is 0 Å². The van der Waals surface area contributed by atoms with Gasteiger partial charge in [0.2, 0.25) is 0 Å². The Hall–Kier alpha value is -2.09. The Labute approximate surface area is 106 Å². The van der Waals surface area contributed by atoms with Crippen molar-refractivity contribution in [2.75, 3.05) is 0 Å². The van der Waals surface area contributed by atoms with E-state index < -0.39 is 0 Å². The highest BCUT2D eigenvalue weighted by atomic mass is 16.1. The molecule has 0 bridgehead atoms. The number of H-pyrrole nitrogens is 1. The second kappa shape index (κ2) is 4.30. The van der Waals surface area contributed by atoms with Crippen LogP contribution in [0, 0.1) is 0 Å². The first-order chi connectivity index (χ1) is 8.79. The maximum absolute atomic E-state index is 11.9. The van der Waals surface area contributed by atoms with Crippen molar-refractivity contribution in [3.05, 3.63) is 48.0 Å². The van der Waals surface area contributed by atoms with Crippen molar-refractivity contribution >= 4 is 27.6 Å². The molecular weight excluding hydrogens is 222 g/mol. The molecule has 1 aromatic heterocycles. The van der Waals surface area contributed by atoms with E-state index in [2.05, 4.69) is 17.1 Å². The maximum Gasteiger partial charge on any atom is 0.162 e. The van der Waals surface area contributed by atoms with E-state index in [1.807, 2.05) is 37.3 Å². The fraction of sp³-hybridized carbons (Fsp3) is 0.188. The van der Waals surface area contributed by atoms with Gasteiger partial charge in [-0.2, -0.15) is 0 Å². The molecule has 0 unspecified atom stereocenters. The predicted octanol–water partition coefficient (Wildman–Crippen LogP) is 4.30. The van der Waals surface area contributed by atoms with Gasteiger partial charge in [-0.25, -0.2) is 0 Å². The number of para-hydroxylation sites is 1. The Balaban J connectivity index is 2.21. The largest absolute Gasteiger partial charge is 0.355 e. The first-order valence-corrected chi connectivity index (χ1v) is 6.33. The average Bonchev–Trinajstić information content (AvgIpc) is 2.76. The molecule has 0 saturated heterocycles. The van der Waals surface area contributed by atoms with Crippen LogP contribution in [0.25, 0.3) is 21.8 Å². The number of carbonyl (C=O) groups excluding carboxylic acids is 1. The molecule has 1 N–H and O–H groups in total. The van der Waals surface area contributed by atoms with Crippen LogP contribution in [0.4, 0.5) is 0 Å². The Morgan fingerprint density at radius 3 is 2.67 bits per heavy atom. The molecule has 0 amide bonds. The molecular formula is C16H15NO. The minimum absolute atomic E-state index is 0.227. The molecule has 90 valence electrons. The summed E-state index contributed by atoms with van der Waals surface area (Å²) in [4.78, 5) is 15.3. The fourth-order valence-electron chi connectivity index (χ4n) is 2.39. The van der Waals surface area contributed by atoms with E-state index >= 15 is 0 Å². The highest BCUT2D eigenvalue weighted by molar-refractivity contribution is 6.10. The molecule has 3 aromatic rings. The number of carbonyl (C=O) groups is 1. The highest BCUT2D eigenvalue weighted by Crippen LogP contribution is 2.26. The first-order valence-electron chi connectivity index (χ1n) is 6.33. The van der Waals surface area contributed by atoms with Crippen molar-refractivity contribution in [1.82, 2.24) is 4.98 Å². The summed E-state index contributed by atoms with van der Waals surface area (Å²) in [6.07, 6.45) is 1.51. The van der Waals surface area contributed by atoms with Gasteiger partial charge in [0.1, 0.15) is 0 Å². The summed E-state index contributed by atoms with van der Waals surface area (Å²) in [5.41, 5.74) is 3.02. The summed E-state index contributed by atoms with van der Waals surface area (Å²) in [6, 6.07) is 14.1. The molecule has 0 saturated carbocycles. The Bertz CT molecular complexity index is 724. The third-order valence-corrected chi connectivity index (χ3v) is 3.31. The predicted molar refractivity (Wildman–Crippen MR) is 75.0 cm³/mol. The molecule has 1 heterocycles. The average molecular weight is 237 g/mol. The molecule has 0 aliphatic heterocycles. The van der Waals surface area contributed by atoms with Crippen molar-refractivity contribution in [3.8, 4) is 0 Å². The lowest BCUT2D eigenvalue weighted by Crippen LogP contribution is -1.97. The summed E-state index contributed by atoms with van der Waals surface area (Å²) in [7, 11) is 0. The summed E-state index contributed by atoms with van der Waals surface area (Å²) < 4.78 is 0. The fourth-order valence-corrected chi connectivity index (χ4v) is 2.39. The van der Waals surface area contributed by atoms with Crippen LogP contribution in [0.2, 0.25) is 0 Å². The smallest absolute Gasteiger partial charge is 0.162 e. The third-order valence-electron chi connectivity index (χ3n) is 3.31. The van der Waals surface area contributed by atoms with Gasteiger partial charge >= 0.3 is 0 Å². The second-order valence-corrected chi connectivity index (χ2v) is 4.60. The third kappa shape index (κ3) is 1.70. The molecule has 0 atom stereocenters. The van der Waals surface area contributed by atoms with Crippen LogP contribution in [0.1, 0.15) is 30.1 Å². The summed E-state index contributed by atoms with van der Waals surface area (Å²) >= 11 is 0. The lowest BCUT2D eigenvalue weighted by Gasteiger charge is -1.99. The minimum atomic E-state index is 0.227. The molecule has 3 rings (SSSR count). The number of rotatable bonds is 3. The van der Waals surface area contributed by atoms with Gasteiger partial charge in [0.05, 0.1) is 0 Å². The van der Waals surface area contributed by atoms with Crippen molar-refractivity contribution in [2.24, 2.45) is 0 Å². The van der Waals surface area contributed by atoms with Crippen molar-refractivity contribution in [2.45, 2.75) is 19.8 Å². The van der Waals surface area contributed by atoms with Crippen LogP contribution in [-0.2, 0) is 0 Å². The molecule has 2 heteroatoms.